The summed E-state index contributed by atoms with van der Waals surface area (Å²) in [5.74, 6) is 0.122. The molecule has 1 aliphatic rings. The van der Waals surface area contributed by atoms with Gasteiger partial charge in [-0.25, -0.2) is 0 Å². The second-order valence-electron chi connectivity index (χ2n) is 4.22. The van der Waals surface area contributed by atoms with Crippen molar-refractivity contribution in [2.24, 2.45) is 5.73 Å². The molecular weight excluding hydrogens is 192 g/mol. The number of rotatable bonds is 2. The van der Waals surface area contributed by atoms with E-state index in [1.165, 1.54) is 0 Å². The van der Waals surface area contributed by atoms with Crippen LogP contribution in [-0.4, -0.2) is 33.1 Å². The van der Waals surface area contributed by atoms with E-state index in [0.29, 0.717) is 6.42 Å². The first-order valence-corrected chi connectivity index (χ1v) is 5.17. The molecule has 3 N–H and O–H groups in total. The number of carbonyl (C=O) groups excluding carboxylic acids is 1. The number of nitrogens with zero attached hydrogens (tertiary/aromatic N) is 2. The third-order valence-corrected chi connectivity index (χ3v) is 2.80. The Morgan fingerprint density at radius 2 is 2.40 bits per heavy atom. The molecule has 0 saturated carbocycles. The summed E-state index contributed by atoms with van der Waals surface area (Å²) in [4.78, 5) is 13.6. The van der Waals surface area contributed by atoms with Crippen LogP contribution in [0, 0.1) is 0 Å². The van der Waals surface area contributed by atoms with E-state index in [1.54, 1.807) is 6.20 Å². The number of amides is 1. The van der Waals surface area contributed by atoms with E-state index in [9.17, 15) is 4.79 Å². The Hall–Kier alpha value is -1.36. The predicted octanol–water partition coefficient (Wildman–Crippen LogP) is 0.419. The lowest BCUT2D eigenvalue weighted by Crippen LogP contribution is -2.37. The Morgan fingerprint density at radius 3 is 2.93 bits per heavy atom. The summed E-state index contributed by atoms with van der Waals surface area (Å²) in [5, 5.41) is 6.79. The molecule has 82 valence electrons. The third kappa shape index (κ3) is 1.63. The minimum absolute atomic E-state index is 0.0556. The van der Waals surface area contributed by atoms with Crippen molar-refractivity contribution in [1.82, 2.24) is 15.1 Å². The van der Waals surface area contributed by atoms with Gasteiger partial charge in [-0.2, -0.15) is 5.10 Å². The van der Waals surface area contributed by atoms with Crippen LogP contribution >= 0.6 is 0 Å². The van der Waals surface area contributed by atoms with Crippen LogP contribution in [0.5, 0.6) is 0 Å². The molecule has 2 rings (SSSR count). The Balaban J connectivity index is 2.32. The molecule has 2 unspecified atom stereocenters. The zero-order valence-corrected chi connectivity index (χ0v) is 8.97. The van der Waals surface area contributed by atoms with Gasteiger partial charge >= 0.3 is 0 Å². The smallest absolute Gasteiger partial charge is 0.225 e. The van der Waals surface area contributed by atoms with E-state index in [2.05, 4.69) is 10.2 Å². The van der Waals surface area contributed by atoms with Crippen molar-refractivity contribution in [3.8, 4) is 0 Å². The van der Waals surface area contributed by atoms with Crippen LogP contribution in [0.1, 0.15) is 32.0 Å². The highest BCUT2D eigenvalue weighted by atomic mass is 16.2. The molecule has 1 aliphatic heterocycles. The van der Waals surface area contributed by atoms with Gasteiger partial charge in [0.2, 0.25) is 5.91 Å². The normalized spacial score (nSPS) is 26.7. The number of hydrogen-bond acceptors (Lipinski definition) is 3. The molecule has 0 radical (unpaired) electrons. The summed E-state index contributed by atoms with van der Waals surface area (Å²) in [6.07, 6.45) is 2.10. The maximum atomic E-state index is 11.7. The molecule has 5 heteroatoms. The van der Waals surface area contributed by atoms with E-state index < -0.39 is 0 Å². The average molecular weight is 208 g/mol. The van der Waals surface area contributed by atoms with E-state index in [4.69, 9.17) is 5.73 Å². The van der Waals surface area contributed by atoms with Gasteiger partial charge in [-0.15, -0.1) is 0 Å². The maximum absolute atomic E-state index is 11.7. The fourth-order valence-electron chi connectivity index (χ4n) is 2.20. The highest BCUT2D eigenvalue weighted by molar-refractivity contribution is 5.80. The molecule has 15 heavy (non-hydrogen) atoms. The van der Waals surface area contributed by atoms with Crippen LogP contribution in [0.25, 0.3) is 0 Å². The molecule has 0 spiro atoms. The summed E-state index contributed by atoms with van der Waals surface area (Å²) in [6, 6.07) is 1.85. The van der Waals surface area contributed by atoms with Crippen LogP contribution < -0.4 is 5.73 Å². The van der Waals surface area contributed by atoms with Crippen molar-refractivity contribution >= 4 is 5.91 Å². The van der Waals surface area contributed by atoms with Crippen molar-refractivity contribution in [2.75, 3.05) is 0 Å². The van der Waals surface area contributed by atoms with Crippen LogP contribution in [0.15, 0.2) is 12.3 Å². The first kappa shape index (κ1) is 10.2. The first-order valence-electron chi connectivity index (χ1n) is 5.17. The highest BCUT2D eigenvalue weighted by Gasteiger charge is 2.40. The number of aromatic nitrogens is 2. The lowest BCUT2D eigenvalue weighted by Gasteiger charge is -2.29. The van der Waals surface area contributed by atoms with Crippen molar-refractivity contribution in [3.63, 3.8) is 0 Å². The molecule has 0 aliphatic carbocycles. The SMILES string of the molecule is CC(C)N1C(=O)CC(N)C1c1ccn[nH]1. The van der Waals surface area contributed by atoms with Crippen LogP contribution in [0.2, 0.25) is 0 Å². The average Bonchev–Trinajstić information content (AvgIpc) is 2.71. The van der Waals surface area contributed by atoms with Gasteiger partial charge in [-0.1, -0.05) is 0 Å². The van der Waals surface area contributed by atoms with Crippen molar-refractivity contribution in [1.29, 1.82) is 0 Å². The summed E-state index contributed by atoms with van der Waals surface area (Å²) in [5.41, 5.74) is 6.90. The molecule has 1 aromatic heterocycles. The number of likely N-dealkylation sites (tertiary alicyclic amines) is 1. The zero-order chi connectivity index (χ0) is 11.0. The quantitative estimate of drug-likeness (QED) is 0.739. The molecule has 1 saturated heterocycles. The maximum Gasteiger partial charge on any atom is 0.225 e. The summed E-state index contributed by atoms with van der Waals surface area (Å²) < 4.78 is 0. The fraction of sp³-hybridized carbons (Fsp3) is 0.600. The third-order valence-electron chi connectivity index (χ3n) is 2.80. The van der Waals surface area contributed by atoms with Gasteiger partial charge in [-0.05, 0) is 19.9 Å². The second kappa shape index (κ2) is 3.66. The Labute approximate surface area is 88.6 Å². The zero-order valence-electron chi connectivity index (χ0n) is 8.97. The molecule has 1 amide bonds. The molecule has 0 aromatic carbocycles. The summed E-state index contributed by atoms with van der Waals surface area (Å²) >= 11 is 0. The molecule has 1 aromatic rings. The van der Waals surface area contributed by atoms with E-state index in [0.717, 1.165) is 5.69 Å². The molecule has 1 fully saturated rings. The van der Waals surface area contributed by atoms with Gasteiger partial charge in [0, 0.05) is 24.7 Å². The second-order valence-corrected chi connectivity index (χ2v) is 4.22. The number of nitrogens with one attached hydrogen (secondary N) is 1. The molecule has 2 heterocycles. The lowest BCUT2D eigenvalue weighted by atomic mass is 10.1. The Bertz CT molecular complexity index is 346. The fourth-order valence-corrected chi connectivity index (χ4v) is 2.20. The Kier molecular flexibility index (Phi) is 2.48. The topological polar surface area (TPSA) is 75.0 Å². The number of hydrogen-bond donors (Lipinski definition) is 2. The van der Waals surface area contributed by atoms with Gasteiger partial charge < -0.3 is 10.6 Å². The van der Waals surface area contributed by atoms with Crippen molar-refractivity contribution in [2.45, 2.75) is 38.4 Å². The van der Waals surface area contributed by atoms with Gasteiger partial charge in [-0.3, -0.25) is 9.89 Å². The number of carbonyl (C=O) groups is 1. The van der Waals surface area contributed by atoms with Crippen molar-refractivity contribution < 1.29 is 4.79 Å². The minimum atomic E-state index is -0.139. The van der Waals surface area contributed by atoms with Crippen LogP contribution in [0.4, 0.5) is 0 Å². The summed E-state index contributed by atoms with van der Waals surface area (Å²) in [7, 11) is 0. The molecule has 0 bridgehead atoms. The van der Waals surface area contributed by atoms with Gasteiger partial charge in [0.15, 0.2) is 0 Å². The number of aromatic amines is 1. The first-order chi connectivity index (χ1) is 7.11. The number of nitrogens with two attached hydrogens (primary N) is 1. The van der Waals surface area contributed by atoms with Gasteiger partial charge in [0.1, 0.15) is 0 Å². The minimum Gasteiger partial charge on any atom is -0.330 e. The standard InChI is InChI=1S/C10H16N4O/c1-6(2)14-9(15)5-7(11)10(14)8-3-4-12-13-8/h3-4,6-7,10H,5,11H2,1-2H3,(H,12,13). The van der Waals surface area contributed by atoms with E-state index in [-0.39, 0.29) is 24.0 Å². The lowest BCUT2D eigenvalue weighted by molar-refractivity contribution is -0.130. The number of H-pyrrole nitrogens is 1. The molecule has 5 nitrogen and oxygen atoms in total. The van der Waals surface area contributed by atoms with Gasteiger partial charge in [0.05, 0.1) is 11.7 Å². The van der Waals surface area contributed by atoms with Crippen LogP contribution in [0.3, 0.4) is 0 Å². The largest absolute Gasteiger partial charge is 0.330 e. The predicted molar refractivity (Wildman–Crippen MR) is 55.9 cm³/mol. The van der Waals surface area contributed by atoms with E-state index >= 15 is 0 Å². The Morgan fingerprint density at radius 1 is 1.67 bits per heavy atom. The highest BCUT2D eigenvalue weighted by Crippen LogP contribution is 2.32. The van der Waals surface area contributed by atoms with E-state index in [1.807, 2.05) is 24.8 Å². The molecular formula is C10H16N4O. The monoisotopic (exact) mass is 208 g/mol. The van der Waals surface area contributed by atoms with Crippen LogP contribution in [-0.2, 0) is 4.79 Å². The van der Waals surface area contributed by atoms with Gasteiger partial charge in [0.25, 0.3) is 0 Å². The van der Waals surface area contributed by atoms with Crippen molar-refractivity contribution in [3.05, 3.63) is 18.0 Å². The summed E-state index contributed by atoms with van der Waals surface area (Å²) in [6.45, 7) is 4.00. The molecule has 2 atom stereocenters.